The Labute approximate surface area is 82.1 Å². The number of hydrogen-bond donors (Lipinski definition) is 0. The van der Waals surface area contributed by atoms with Gasteiger partial charge in [-0.3, -0.25) is 0 Å². The van der Waals surface area contributed by atoms with Crippen LogP contribution in [-0.4, -0.2) is 0 Å². The molecule has 0 aromatic carbocycles. The van der Waals surface area contributed by atoms with Crippen LogP contribution >= 0.6 is 0 Å². The third-order valence-electron chi connectivity index (χ3n) is 3.13. The Hall–Kier alpha value is -1.49. The molecule has 0 radical (unpaired) electrons. The molecule has 0 aliphatic heterocycles. The summed E-state index contributed by atoms with van der Waals surface area (Å²) in [6, 6.07) is 4.36. The molecule has 0 saturated heterocycles. The summed E-state index contributed by atoms with van der Waals surface area (Å²) in [6.45, 7) is 2.07. The van der Waals surface area contributed by atoms with E-state index >= 15 is 0 Å². The molecule has 0 N–H and O–H groups in total. The molecule has 2 nitrogen and oxygen atoms in total. The third-order valence-corrected chi connectivity index (χ3v) is 3.13. The first-order valence-corrected chi connectivity index (χ1v) is 5.08. The Morgan fingerprint density at radius 1 is 1.64 bits per heavy atom. The highest BCUT2D eigenvalue weighted by Crippen LogP contribution is 2.46. The highest BCUT2D eigenvalue weighted by atomic mass is 16.3. The smallest absolute Gasteiger partial charge is 0.147 e. The third kappa shape index (κ3) is 0.899. The van der Waals surface area contributed by atoms with Crippen LogP contribution in [0.2, 0.25) is 0 Å². The monoisotopic (exact) mass is 185 g/mol. The summed E-state index contributed by atoms with van der Waals surface area (Å²) in [5.41, 5.74) is 1.70. The van der Waals surface area contributed by atoms with E-state index in [1.807, 2.05) is 0 Å². The minimum atomic E-state index is 0.461. The van der Waals surface area contributed by atoms with E-state index in [2.05, 4.69) is 25.1 Å². The van der Waals surface area contributed by atoms with Crippen molar-refractivity contribution in [3.8, 4) is 6.07 Å². The van der Waals surface area contributed by atoms with Gasteiger partial charge in [-0.2, -0.15) is 5.26 Å². The van der Waals surface area contributed by atoms with Crippen LogP contribution < -0.4 is 10.6 Å². The molecule has 1 fully saturated rings. The topological polar surface area (TPSA) is 36.9 Å². The molecular weight excluding hydrogens is 174 g/mol. The van der Waals surface area contributed by atoms with Gasteiger partial charge in [-0.25, -0.2) is 0 Å². The fraction of sp³-hybridized carbons (Fsp3) is 0.417. The van der Waals surface area contributed by atoms with Gasteiger partial charge in [0, 0.05) is 17.6 Å². The lowest BCUT2D eigenvalue weighted by molar-refractivity contribution is 0.481. The first-order chi connectivity index (χ1) is 6.83. The van der Waals surface area contributed by atoms with Crippen molar-refractivity contribution in [1.82, 2.24) is 0 Å². The first kappa shape index (κ1) is 7.87. The molecule has 14 heavy (non-hydrogen) atoms. The molecule has 1 aromatic rings. The molecule has 3 rings (SSSR count). The summed E-state index contributed by atoms with van der Waals surface area (Å²) < 4.78 is 5.67. The zero-order chi connectivity index (χ0) is 9.71. The zero-order valence-electron chi connectivity index (χ0n) is 8.08. The van der Waals surface area contributed by atoms with Crippen molar-refractivity contribution >= 4 is 11.6 Å². The van der Waals surface area contributed by atoms with Crippen molar-refractivity contribution in [2.75, 3.05) is 0 Å². The molecule has 2 unspecified atom stereocenters. The second kappa shape index (κ2) is 2.51. The Morgan fingerprint density at radius 3 is 3.21 bits per heavy atom. The molecule has 2 aliphatic rings. The number of rotatable bonds is 1. The Bertz CT molecular complexity index is 544. The highest BCUT2D eigenvalue weighted by molar-refractivity contribution is 5.68. The maximum absolute atomic E-state index is 9.06. The van der Waals surface area contributed by atoms with Gasteiger partial charge in [0.25, 0.3) is 0 Å². The van der Waals surface area contributed by atoms with Crippen molar-refractivity contribution in [2.24, 2.45) is 11.8 Å². The van der Waals surface area contributed by atoms with Crippen molar-refractivity contribution in [2.45, 2.75) is 19.8 Å². The number of nitriles is 1. The molecule has 1 heterocycles. The van der Waals surface area contributed by atoms with Crippen molar-refractivity contribution in [1.29, 1.82) is 5.26 Å². The Kier molecular flexibility index (Phi) is 1.41. The van der Waals surface area contributed by atoms with Crippen LogP contribution in [0.25, 0.3) is 11.6 Å². The lowest BCUT2D eigenvalue weighted by Crippen LogP contribution is -2.25. The van der Waals surface area contributed by atoms with Crippen molar-refractivity contribution in [3.63, 3.8) is 0 Å². The van der Waals surface area contributed by atoms with Crippen LogP contribution in [0.1, 0.15) is 19.1 Å². The van der Waals surface area contributed by atoms with Gasteiger partial charge in [-0.05, 0) is 18.4 Å². The van der Waals surface area contributed by atoms with E-state index in [1.54, 1.807) is 0 Å². The zero-order valence-corrected chi connectivity index (χ0v) is 8.08. The predicted molar refractivity (Wildman–Crippen MR) is 52.4 cm³/mol. The molecule has 0 bridgehead atoms. The Morgan fingerprint density at radius 2 is 2.50 bits per heavy atom. The normalized spacial score (nSPS) is 27.3. The second-order valence-electron chi connectivity index (χ2n) is 4.05. The fourth-order valence-corrected chi connectivity index (χ4v) is 2.23. The van der Waals surface area contributed by atoms with E-state index in [0.29, 0.717) is 11.8 Å². The van der Waals surface area contributed by atoms with Crippen molar-refractivity contribution < 1.29 is 4.42 Å². The van der Waals surface area contributed by atoms with E-state index in [4.69, 9.17) is 9.68 Å². The van der Waals surface area contributed by atoms with Gasteiger partial charge >= 0.3 is 0 Å². The van der Waals surface area contributed by atoms with E-state index in [0.717, 1.165) is 34.8 Å². The van der Waals surface area contributed by atoms with Crippen LogP contribution in [0.3, 0.4) is 0 Å². The van der Waals surface area contributed by atoms with Crippen LogP contribution in [-0.2, 0) is 6.42 Å². The van der Waals surface area contributed by atoms with E-state index < -0.39 is 0 Å². The van der Waals surface area contributed by atoms with Crippen LogP contribution in [0, 0.1) is 23.2 Å². The molecule has 1 aromatic heterocycles. The van der Waals surface area contributed by atoms with E-state index in [1.165, 1.54) is 0 Å². The number of furan rings is 1. The van der Waals surface area contributed by atoms with Gasteiger partial charge in [0.15, 0.2) is 0 Å². The van der Waals surface area contributed by atoms with Gasteiger partial charge in [0.05, 0.1) is 11.6 Å². The Balaban J connectivity index is 2.36. The molecule has 2 atom stereocenters. The SMILES string of the molecule is CCc1cc2c(o1)=C(C#N)C1CC1C=2. The van der Waals surface area contributed by atoms with Crippen LogP contribution in [0.4, 0.5) is 0 Å². The summed E-state index contributed by atoms with van der Waals surface area (Å²) in [5, 5.41) is 10.2. The van der Waals surface area contributed by atoms with E-state index in [9.17, 15) is 0 Å². The lowest BCUT2D eigenvalue weighted by atomic mass is 10.1. The predicted octanol–water partition coefficient (Wildman–Crippen LogP) is 0.946. The summed E-state index contributed by atoms with van der Waals surface area (Å²) in [5.74, 6) is 2.06. The standard InChI is InChI=1S/C12H11NO/c1-2-9-4-8-3-7-5-10(7)11(6-13)12(8)14-9/h3-4,7,10H,2,5H2,1H3. The van der Waals surface area contributed by atoms with Gasteiger partial charge in [0.1, 0.15) is 11.2 Å². The summed E-state index contributed by atoms with van der Waals surface area (Å²) in [7, 11) is 0. The average molecular weight is 185 g/mol. The molecule has 70 valence electrons. The fourth-order valence-electron chi connectivity index (χ4n) is 2.23. The number of aryl methyl sites for hydroxylation is 1. The number of nitrogens with zero attached hydrogens (tertiary/aromatic N) is 1. The quantitative estimate of drug-likeness (QED) is 0.653. The number of hydrogen-bond acceptors (Lipinski definition) is 2. The van der Waals surface area contributed by atoms with Gasteiger partial charge < -0.3 is 4.42 Å². The number of fused-ring (bicyclic) bond motifs is 2. The minimum absolute atomic E-state index is 0.461. The summed E-state index contributed by atoms with van der Waals surface area (Å²) in [6.07, 6.45) is 4.28. The lowest BCUT2D eigenvalue weighted by Gasteiger charge is -1.96. The van der Waals surface area contributed by atoms with Gasteiger partial charge in [0.2, 0.25) is 0 Å². The van der Waals surface area contributed by atoms with Crippen LogP contribution in [0.5, 0.6) is 0 Å². The first-order valence-electron chi connectivity index (χ1n) is 5.08. The molecule has 0 spiro atoms. The largest absolute Gasteiger partial charge is 0.460 e. The molecule has 1 saturated carbocycles. The molecular formula is C12H11NO. The maximum Gasteiger partial charge on any atom is 0.147 e. The average Bonchev–Trinajstić information content (AvgIpc) is 2.83. The van der Waals surface area contributed by atoms with Crippen LogP contribution in [0.15, 0.2) is 10.5 Å². The summed E-state index contributed by atoms with van der Waals surface area (Å²) >= 11 is 0. The van der Waals surface area contributed by atoms with Gasteiger partial charge in [-0.15, -0.1) is 0 Å². The summed E-state index contributed by atoms with van der Waals surface area (Å²) in [4.78, 5) is 0. The molecule has 2 aliphatic carbocycles. The van der Waals surface area contributed by atoms with Gasteiger partial charge in [-0.1, -0.05) is 13.0 Å². The van der Waals surface area contributed by atoms with E-state index in [-0.39, 0.29) is 0 Å². The minimum Gasteiger partial charge on any atom is -0.460 e. The molecule has 2 heteroatoms. The highest BCUT2D eigenvalue weighted by Gasteiger charge is 2.41. The van der Waals surface area contributed by atoms with Crippen molar-refractivity contribution in [3.05, 3.63) is 22.5 Å². The second-order valence-corrected chi connectivity index (χ2v) is 4.05. The molecule has 0 amide bonds. The maximum atomic E-state index is 9.06.